The van der Waals surface area contributed by atoms with Crippen LogP contribution in [0, 0.1) is 5.82 Å². The van der Waals surface area contributed by atoms with Gasteiger partial charge in [0.15, 0.2) is 11.6 Å². The summed E-state index contributed by atoms with van der Waals surface area (Å²) in [6.07, 6.45) is 2.47. The Morgan fingerprint density at radius 2 is 1.47 bits per heavy atom. The summed E-state index contributed by atoms with van der Waals surface area (Å²) in [6.45, 7) is 4.05. The monoisotopic (exact) mass is 410 g/mol. The van der Waals surface area contributed by atoms with Crippen molar-refractivity contribution >= 4 is 12.2 Å². The zero-order chi connectivity index (χ0) is 21.5. The van der Waals surface area contributed by atoms with Crippen LogP contribution in [0.15, 0.2) is 60.7 Å². The smallest absolute Gasteiger partial charge is 0.267 e. The van der Waals surface area contributed by atoms with Crippen LogP contribution >= 0.6 is 0 Å². The summed E-state index contributed by atoms with van der Waals surface area (Å²) in [7, 11) is 0. The zero-order valence-electron chi connectivity index (χ0n) is 17.2. The average molecular weight is 410 g/mol. The van der Waals surface area contributed by atoms with Gasteiger partial charge in [-0.3, -0.25) is 0 Å². The van der Waals surface area contributed by atoms with E-state index in [1.165, 1.54) is 23.8 Å². The molecule has 3 rings (SSSR count). The number of hydrogen-bond donors (Lipinski definition) is 0. The van der Waals surface area contributed by atoms with Gasteiger partial charge in [0.25, 0.3) is 6.43 Å². The third-order valence-corrected chi connectivity index (χ3v) is 4.89. The van der Waals surface area contributed by atoms with Crippen LogP contribution in [-0.2, 0) is 6.42 Å². The van der Waals surface area contributed by atoms with Crippen LogP contribution in [-0.4, -0.2) is 6.61 Å². The van der Waals surface area contributed by atoms with Gasteiger partial charge in [-0.05, 0) is 47.2 Å². The molecular weight excluding hydrogens is 385 g/mol. The number of aryl methyl sites for hydroxylation is 1. The van der Waals surface area contributed by atoms with Crippen LogP contribution in [0.4, 0.5) is 13.2 Å². The van der Waals surface area contributed by atoms with Crippen LogP contribution in [0.5, 0.6) is 5.75 Å². The molecule has 0 amide bonds. The van der Waals surface area contributed by atoms with Gasteiger partial charge in [-0.25, -0.2) is 13.2 Å². The molecule has 0 radical (unpaired) electrons. The van der Waals surface area contributed by atoms with Crippen molar-refractivity contribution in [1.82, 2.24) is 0 Å². The predicted octanol–water partition coefficient (Wildman–Crippen LogP) is 7.95. The van der Waals surface area contributed by atoms with Crippen molar-refractivity contribution in [2.45, 2.75) is 33.1 Å². The van der Waals surface area contributed by atoms with Gasteiger partial charge in [0, 0.05) is 0 Å². The van der Waals surface area contributed by atoms with E-state index in [1.54, 1.807) is 13.0 Å². The van der Waals surface area contributed by atoms with E-state index in [2.05, 4.69) is 31.2 Å². The third kappa shape index (κ3) is 5.12. The molecule has 0 spiro atoms. The van der Waals surface area contributed by atoms with Crippen molar-refractivity contribution in [3.05, 3.63) is 88.7 Å². The van der Waals surface area contributed by atoms with Gasteiger partial charge in [-0.15, -0.1) is 0 Å². The van der Waals surface area contributed by atoms with Crippen LogP contribution in [0.2, 0.25) is 0 Å². The molecule has 0 aliphatic heterocycles. The van der Waals surface area contributed by atoms with Crippen LogP contribution < -0.4 is 4.74 Å². The molecule has 0 fully saturated rings. The van der Waals surface area contributed by atoms with Gasteiger partial charge in [0.05, 0.1) is 12.2 Å². The molecule has 3 aromatic carbocycles. The molecule has 0 aliphatic rings. The molecule has 0 heterocycles. The lowest BCUT2D eigenvalue weighted by molar-refractivity contribution is 0.144. The minimum Gasteiger partial charge on any atom is -0.491 e. The van der Waals surface area contributed by atoms with E-state index in [0.29, 0.717) is 0 Å². The van der Waals surface area contributed by atoms with Crippen molar-refractivity contribution in [3.8, 4) is 16.9 Å². The first kappa shape index (κ1) is 21.7. The van der Waals surface area contributed by atoms with E-state index < -0.39 is 17.8 Å². The molecule has 0 atom stereocenters. The van der Waals surface area contributed by atoms with Crippen LogP contribution in [0.3, 0.4) is 0 Å². The van der Waals surface area contributed by atoms with E-state index in [9.17, 15) is 13.2 Å². The second kappa shape index (κ2) is 10.1. The fourth-order valence-electron chi connectivity index (χ4n) is 3.35. The molecule has 30 heavy (non-hydrogen) atoms. The van der Waals surface area contributed by atoms with Crippen molar-refractivity contribution in [2.24, 2.45) is 0 Å². The average Bonchev–Trinajstić information content (AvgIpc) is 2.75. The quantitative estimate of drug-likeness (QED) is 0.342. The molecule has 0 aliphatic carbocycles. The highest BCUT2D eigenvalue weighted by Gasteiger charge is 2.21. The van der Waals surface area contributed by atoms with Crippen LogP contribution in [0.1, 0.15) is 48.9 Å². The minimum atomic E-state index is -2.93. The van der Waals surface area contributed by atoms with E-state index in [-0.39, 0.29) is 17.9 Å². The maximum Gasteiger partial charge on any atom is 0.267 e. The second-order valence-electron chi connectivity index (χ2n) is 7.02. The Labute approximate surface area is 175 Å². The summed E-state index contributed by atoms with van der Waals surface area (Å²) in [6, 6.07) is 19.1. The molecule has 0 saturated heterocycles. The Bertz CT molecular complexity index is 990. The molecule has 156 valence electrons. The Morgan fingerprint density at radius 3 is 2.03 bits per heavy atom. The largest absolute Gasteiger partial charge is 0.491 e. The lowest BCUT2D eigenvalue weighted by Gasteiger charge is -2.11. The maximum absolute atomic E-state index is 14.4. The first-order valence-corrected chi connectivity index (χ1v) is 10.1. The van der Waals surface area contributed by atoms with E-state index >= 15 is 0 Å². The number of benzene rings is 3. The number of hydrogen-bond acceptors (Lipinski definition) is 1. The molecule has 0 unspecified atom stereocenters. The molecule has 0 saturated carbocycles. The van der Waals surface area contributed by atoms with E-state index in [4.69, 9.17) is 4.74 Å². The number of alkyl halides is 2. The Hall–Kier alpha value is -3.01. The Kier molecular flexibility index (Phi) is 7.34. The van der Waals surface area contributed by atoms with Crippen molar-refractivity contribution in [1.29, 1.82) is 0 Å². The lowest BCUT2D eigenvalue weighted by atomic mass is 10.0. The summed E-state index contributed by atoms with van der Waals surface area (Å²) in [5.41, 5.74) is 3.87. The van der Waals surface area contributed by atoms with Crippen molar-refractivity contribution < 1.29 is 17.9 Å². The van der Waals surface area contributed by atoms with Crippen molar-refractivity contribution in [3.63, 3.8) is 0 Å². The highest BCUT2D eigenvalue weighted by Crippen LogP contribution is 2.33. The lowest BCUT2D eigenvalue weighted by Crippen LogP contribution is -2.01. The van der Waals surface area contributed by atoms with Crippen LogP contribution in [0.25, 0.3) is 23.3 Å². The second-order valence-corrected chi connectivity index (χ2v) is 7.02. The summed E-state index contributed by atoms with van der Waals surface area (Å²) >= 11 is 0. The summed E-state index contributed by atoms with van der Waals surface area (Å²) in [5.74, 6) is -1.16. The highest BCUT2D eigenvalue weighted by atomic mass is 19.3. The van der Waals surface area contributed by atoms with Gasteiger partial charge in [-0.1, -0.05) is 80.1 Å². The first-order valence-electron chi connectivity index (χ1n) is 10.1. The molecule has 3 aromatic rings. The zero-order valence-corrected chi connectivity index (χ0v) is 17.2. The Morgan fingerprint density at radius 1 is 0.833 bits per heavy atom. The summed E-state index contributed by atoms with van der Waals surface area (Å²) in [5, 5.41) is 0. The molecule has 0 N–H and O–H groups in total. The predicted molar refractivity (Wildman–Crippen MR) is 117 cm³/mol. The third-order valence-electron chi connectivity index (χ3n) is 4.89. The molecular formula is C26H25F3O. The van der Waals surface area contributed by atoms with E-state index in [1.807, 2.05) is 24.3 Å². The number of halogens is 3. The number of ether oxygens (including phenoxy) is 1. The van der Waals surface area contributed by atoms with E-state index in [0.717, 1.165) is 29.5 Å². The van der Waals surface area contributed by atoms with Crippen molar-refractivity contribution in [2.75, 3.05) is 6.61 Å². The van der Waals surface area contributed by atoms with Gasteiger partial charge in [-0.2, -0.15) is 0 Å². The van der Waals surface area contributed by atoms with Gasteiger partial charge >= 0.3 is 0 Å². The highest BCUT2D eigenvalue weighted by molar-refractivity contribution is 5.74. The first-order chi connectivity index (χ1) is 14.5. The van der Waals surface area contributed by atoms with Gasteiger partial charge in [0.2, 0.25) is 0 Å². The molecule has 4 heteroatoms. The summed E-state index contributed by atoms with van der Waals surface area (Å²) < 4.78 is 46.3. The fraction of sp³-hybridized carbons (Fsp3) is 0.231. The van der Waals surface area contributed by atoms with Gasteiger partial charge in [0.1, 0.15) is 0 Å². The topological polar surface area (TPSA) is 9.23 Å². The molecule has 0 bridgehead atoms. The molecule has 1 nitrogen and oxygen atoms in total. The standard InChI is InChI=1S/C26H25F3O/c1-3-5-18-6-11-20(12-7-18)21-13-8-19(9-14-21)10-15-22-16-17-23(30-4-2)25(27)24(22)26(28)29/h6-17,26H,3-5H2,1-2H3. The maximum atomic E-state index is 14.4. The number of rotatable bonds is 8. The molecule has 0 aromatic heterocycles. The fourth-order valence-corrected chi connectivity index (χ4v) is 3.35. The summed E-state index contributed by atoms with van der Waals surface area (Å²) in [4.78, 5) is 0. The Balaban J connectivity index is 1.80. The normalized spacial score (nSPS) is 11.4. The SMILES string of the molecule is CCCc1ccc(-c2ccc(C=Cc3ccc(OCC)c(F)c3C(F)F)cc2)cc1. The van der Waals surface area contributed by atoms with Gasteiger partial charge < -0.3 is 4.74 Å². The minimum absolute atomic E-state index is 0.140.